The van der Waals surface area contributed by atoms with E-state index in [0.717, 1.165) is 21.1 Å². The molecule has 3 aromatic rings. The minimum absolute atomic E-state index is 0.0951. The lowest BCUT2D eigenvalue weighted by Crippen LogP contribution is -2.49. The first kappa shape index (κ1) is 18.6. The molecule has 0 radical (unpaired) electrons. The summed E-state index contributed by atoms with van der Waals surface area (Å²) in [5, 5.41) is 0.887. The van der Waals surface area contributed by atoms with E-state index in [-0.39, 0.29) is 11.7 Å². The molecule has 0 saturated carbocycles. The fourth-order valence-electron chi connectivity index (χ4n) is 3.36. The maximum absolute atomic E-state index is 14.0. The molecule has 0 atom stereocenters. The molecule has 1 fully saturated rings. The van der Waals surface area contributed by atoms with Gasteiger partial charge in [0, 0.05) is 49.0 Å². The zero-order chi connectivity index (χ0) is 19.5. The summed E-state index contributed by atoms with van der Waals surface area (Å²) in [4.78, 5) is 26.4. The molecule has 144 valence electrons. The largest absolute Gasteiger partial charge is 0.366 e. The van der Waals surface area contributed by atoms with Crippen LogP contribution < -0.4 is 4.90 Å². The number of carbonyl (C=O) groups excluding carboxylic acids is 1. The summed E-state index contributed by atoms with van der Waals surface area (Å²) < 4.78 is 14.0. The van der Waals surface area contributed by atoms with Crippen LogP contribution in [0.15, 0.2) is 48.8 Å². The van der Waals surface area contributed by atoms with Crippen molar-refractivity contribution in [2.24, 2.45) is 0 Å². The van der Waals surface area contributed by atoms with Crippen LogP contribution in [-0.4, -0.2) is 47.0 Å². The van der Waals surface area contributed by atoms with Crippen molar-refractivity contribution < 1.29 is 9.18 Å². The van der Waals surface area contributed by atoms with Crippen LogP contribution in [0.4, 0.5) is 10.1 Å². The van der Waals surface area contributed by atoms with E-state index in [4.69, 9.17) is 0 Å². The van der Waals surface area contributed by atoms with Crippen molar-refractivity contribution in [3.63, 3.8) is 0 Å². The normalized spacial score (nSPS) is 14.4. The Morgan fingerprint density at radius 2 is 1.93 bits per heavy atom. The van der Waals surface area contributed by atoms with Gasteiger partial charge in [0.15, 0.2) is 0 Å². The summed E-state index contributed by atoms with van der Waals surface area (Å²) in [7, 11) is 0. The van der Waals surface area contributed by atoms with Crippen LogP contribution in [0.5, 0.6) is 0 Å². The van der Waals surface area contributed by atoms with Gasteiger partial charge in [0.25, 0.3) is 0 Å². The van der Waals surface area contributed by atoms with Crippen molar-refractivity contribution in [3.8, 4) is 10.6 Å². The quantitative estimate of drug-likeness (QED) is 0.677. The highest BCUT2D eigenvalue weighted by atomic mass is 32.1. The molecule has 0 N–H and O–H groups in total. The third kappa shape index (κ3) is 3.89. The average Bonchev–Trinajstić information content (AvgIpc) is 3.09. The third-order valence-electron chi connectivity index (χ3n) is 4.94. The second-order valence-electron chi connectivity index (χ2n) is 6.77. The summed E-state index contributed by atoms with van der Waals surface area (Å²) in [5.74, 6) is -0.122. The van der Waals surface area contributed by atoms with E-state index in [9.17, 15) is 9.18 Å². The zero-order valence-corrected chi connectivity index (χ0v) is 16.5. The maximum atomic E-state index is 14.0. The predicted octanol–water partition coefficient (Wildman–Crippen LogP) is 3.54. The van der Waals surface area contributed by atoms with Crippen molar-refractivity contribution in [1.29, 1.82) is 0 Å². The van der Waals surface area contributed by atoms with E-state index in [1.807, 2.05) is 34.9 Å². The number of hydrogen-bond donors (Lipinski definition) is 0. The first-order valence-electron chi connectivity index (χ1n) is 9.26. The molecule has 1 aliphatic heterocycles. The van der Waals surface area contributed by atoms with Crippen molar-refractivity contribution >= 4 is 22.9 Å². The summed E-state index contributed by atoms with van der Waals surface area (Å²) >= 11 is 1.55. The molecule has 0 spiro atoms. The third-order valence-corrected chi connectivity index (χ3v) is 6.14. The van der Waals surface area contributed by atoms with Crippen LogP contribution in [0.2, 0.25) is 0 Å². The standard InChI is InChI=1S/C21H21FN4OS/c1-15-19(28-21(24-15)16-5-4-8-23-14-16)13-20(27)26-11-9-25(10-12-26)18-7-3-2-6-17(18)22/h2-8,14H,9-13H2,1H3. The fraction of sp³-hybridized carbons (Fsp3) is 0.286. The van der Waals surface area contributed by atoms with Gasteiger partial charge >= 0.3 is 0 Å². The number of benzene rings is 1. The number of carbonyl (C=O) groups is 1. The molecular weight excluding hydrogens is 375 g/mol. The van der Waals surface area contributed by atoms with Gasteiger partial charge in [-0.25, -0.2) is 9.37 Å². The number of pyridine rings is 1. The van der Waals surface area contributed by atoms with Crippen molar-refractivity contribution in [2.45, 2.75) is 13.3 Å². The van der Waals surface area contributed by atoms with E-state index in [1.165, 1.54) is 6.07 Å². The van der Waals surface area contributed by atoms with Gasteiger partial charge in [-0.05, 0) is 31.2 Å². The predicted molar refractivity (Wildman–Crippen MR) is 109 cm³/mol. The van der Waals surface area contributed by atoms with Gasteiger partial charge < -0.3 is 9.80 Å². The molecule has 1 amide bonds. The number of nitrogens with zero attached hydrogens (tertiary/aromatic N) is 4. The molecule has 2 aromatic heterocycles. The molecule has 4 rings (SSSR count). The topological polar surface area (TPSA) is 49.3 Å². The molecule has 1 saturated heterocycles. The molecule has 7 heteroatoms. The minimum Gasteiger partial charge on any atom is -0.366 e. The molecule has 0 aliphatic carbocycles. The van der Waals surface area contributed by atoms with Gasteiger partial charge in [-0.3, -0.25) is 9.78 Å². The smallest absolute Gasteiger partial charge is 0.228 e. The highest BCUT2D eigenvalue weighted by molar-refractivity contribution is 7.15. The second kappa shape index (κ2) is 8.06. The molecule has 3 heterocycles. The van der Waals surface area contributed by atoms with Crippen LogP contribution in [0.25, 0.3) is 10.6 Å². The monoisotopic (exact) mass is 396 g/mol. The Bertz CT molecular complexity index is 968. The first-order valence-corrected chi connectivity index (χ1v) is 10.1. The Kier molecular flexibility index (Phi) is 5.34. The van der Waals surface area contributed by atoms with E-state index in [0.29, 0.717) is 38.3 Å². The number of anilines is 1. The number of para-hydroxylation sites is 1. The van der Waals surface area contributed by atoms with Gasteiger partial charge in [0.1, 0.15) is 10.8 Å². The molecule has 0 bridgehead atoms. The maximum Gasteiger partial charge on any atom is 0.228 e. The van der Waals surface area contributed by atoms with Crippen LogP contribution in [-0.2, 0) is 11.2 Å². The molecular formula is C21H21FN4OS. The molecule has 1 aromatic carbocycles. The van der Waals surface area contributed by atoms with Crippen LogP contribution >= 0.6 is 11.3 Å². The molecule has 0 unspecified atom stereocenters. The molecule has 1 aliphatic rings. The summed E-state index contributed by atoms with van der Waals surface area (Å²) in [6.07, 6.45) is 3.87. The number of thiazole rings is 1. The van der Waals surface area contributed by atoms with Gasteiger partial charge in [0.05, 0.1) is 17.8 Å². The fourth-order valence-corrected chi connectivity index (χ4v) is 4.40. The number of piperazine rings is 1. The van der Waals surface area contributed by atoms with E-state index < -0.39 is 0 Å². The Hall–Kier alpha value is -2.80. The van der Waals surface area contributed by atoms with Crippen molar-refractivity contribution in [2.75, 3.05) is 31.1 Å². The van der Waals surface area contributed by atoms with Gasteiger partial charge in [-0.15, -0.1) is 11.3 Å². The molecule has 5 nitrogen and oxygen atoms in total. The van der Waals surface area contributed by atoms with Crippen LogP contribution in [0.1, 0.15) is 10.6 Å². The lowest BCUT2D eigenvalue weighted by Gasteiger charge is -2.36. The number of amides is 1. The van der Waals surface area contributed by atoms with Crippen LogP contribution in [0.3, 0.4) is 0 Å². The molecule has 28 heavy (non-hydrogen) atoms. The zero-order valence-electron chi connectivity index (χ0n) is 15.6. The summed E-state index contributed by atoms with van der Waals surface area (Å²) in [5.41, 5.74) is 2.46. The average molecular weight is 396 g/mol. The number of aryl methyl sites for hydroxylation is 1. The summed E-state index contributed by atoms with van der Waals surface area (Å²) in [6, 6.07) is 10.6. The van der Waals surface area contributed by atoms with Crippen molar-refractivity contribution in [1.82, 2.24) is 14.9 Å². The van der Waals surface area contributed by atoms with Gasteiger partial charge in [0.2, 0.25) is 5.91 Å². The second-order valence-corrected chi connectivity index (χ2v) is 7.85. The Morgan fingerprint density at radius 1 is 1.14 bits per heavy atom. The SMILES string of the molecule is Cc1nc(-c2cccnc2)sc1CC(=O)N1CCN(c2ccccc2F)CC1. The Balaban J connectivity index is 1.39. The minimum atomic E-state index is -0.217. The highest BCUT2D eigenvalue weighted by Gasteiger charge is 2.24. The number of rotatable bonds is 4. The lowest BCUT2D eigenvalue weighted by molar-refractivity contribution is -0.130. The Morgan fingerprint density at radius 3 is 2.64 bits per heavy atom. The van der Waals surface area contributed by atoms with E-state index >= 15 is 0 Å². The Labute approximate surface area is 167 Å². The van der Waals surface area contributed by atoms with E-state index in [2.05, 4.69) is 9.97 Å². The number of halogens is 1. The van der Waals surface area contributed by atoms with Gasteiger partial charge in [-0.2, -0.15) is 0 Å². The van der Waals surface area contributed by atoms with Crippen molar-refractivity contribution in [3.05, 3.63) is 65.2 Å². The highest BCUT2D eigenvalue weighted by Crippen LogP contribution is 2.28. The van der Waals surface area contributed by atoms with Gasteiger partial charge in [-0.1, -0.05) is 12.1 Å². The van der Waals surface area contributed by atoms with Crippen LogP contribution in [0, 0.1) is 12.7 Å². The first-order chi connectivity index (χ1) is 13.6. The number of hydrogen-bond acceptors (Lipinski definition) is 5. The number of aromatic nitrogens is 2. The summed E-state index contributed by atoms with van der Waals surface area (Å²) in [6.45, 7) is 4.40. The lowest BCUT2D eigenvalue weighted by atomic mass is 10.2. The van der Waals surface area contributed by atoms with E-state index in [1.54, 1.807) is 35.9 Å².